The summed E-state index contributed by atoms with van der Waals surface area (Å²) in [5.41, 5.74) is 2.23. The van der Waals surface area contributed by atoms with Crippen LogP contribution in [0.1, 0.15) is 0 Å². The Morgan fingerprint density at radius 1 is 1.11 bits per heavy atom. The summed E-state index contributed by atoms with van der Waals surface area (Å²) in [6, 6.07) is 14.0. The number of halogens is 1. The zero-order valence-corrected chi connectivity index (χ0v) is 9.56. The number of nitrogens with one attached hydrogen (secondary N) is 1. The van der Waals surface area contributed by atoms with Crippen LogP contribution >= 0.6 is 0 Å². The van der Waals surface area contributed by atoms with Crippen molar-refractivity contribution in [1.29, 1.82) is 0 Å². The molecule has 0 unspecified atom stereocenters. The van der Waals surface area contributed by atoms with E-state index >= 15 is 0 Å². The van der Waals surface area contributed by atoms with E-state index in [0.717, 1.165) is 11.4 Å². The number of amides is 1. The molecule has 0 saturated carbocycles. The van der Waals surface area contributed by atoms with Gasteiger partial charge >= 0.3 is 0 Å². The van der Waals surface area contributed by atoms with Gasteiger partial charge in [0.15, 0.2) is 0 Å². The molecule has 0 aromatic heterocycles. The Hall–Kier alpha value is -2.36. The monoisotopic (exact) mass is 242 g/mol. The Bertz CT molecular complexity index is 598. The summed E-state index contributed by atoms with van der Waals surface area (Å²) in [4.78, 5) is 13.5. The maximum absolute atomic E-state index is 13.2. The van der Waals surface area contributed by atoms with E-state index in [-0.39, 0.29) is 18.3 Å². The number of hydrogen-bond acceptors (Lipinski definition) is 2. The molecule has 0 aliphatic carbocycles. The molecule has 4 heteroatoms. The molecule has 2 aromatic rings. The van der Waals surface area contributed by atoms with Crippen LogP contribution in [0, 0.1) is 5.82 Å². The largest absolute Gasteiger partial charge is 0.330 e. The number of fused-ring (bicyclic) bond motifs is 1. The fourth-order valence-corrected chi connectivity index (χ4v) is 2.10. The summed E-state index contributed by atoms with van der Waals surface area (Å²) in [7, 11) is 0. The lowest BCUT2D eigenvalue weighted by Crippen LogP contribution is -2.35. The maximum Gasteiger partial charge on any atom is 0.244 e. The van der Waals surface area contributed by atoms with E-state index in [1.165, 1.54) is 12.1 Å². The number of carbonyl (C=O) groups excluding carboxylic acids is 1. The van der Waals surface area contributed by atoms with Crippen LogP contribution in [0.2, 0.25) is 0 Å². The highest BCUT2D eigenvalue weighted by molar-refractivity contribution is 6.03. The average Bonchev–Trinajstić information content (AvgIpc) is 2.38. The molecule has 0 saturated heterocycles. The summed E-state index contributed by atoms with van der Waals surface area (Å²) in [6.07, 6.45) is 0. The minimum atomic E-state index is -0.357. The van der Waals surface area contributed by atoms with Crippen LogP contribution in [0.25, 0.3) is 0 Å². The van der Waals surface area contributed by atoms with Crippen molar-refractivity contribution in [2.75, 3.05) is 16.8 Å². The molecule has 1 aliphatic rings. The van der Waals surface area contributed by atoms with Crippen molar-refractivity contribution in [3.8, 4) is 0 Å². The SMILES string of the molecule is O=C1CN(c2ccccc2)c2ccc(F)cc2N1. The third-order valence-electron chi connectivity index (χ3n) is 2.89. The van der Waals surface area contributed by atoms with Crippen LogP contribution in [0.15, 0.2) is 48.5 Å². The minimum Gasteiger partial charge on any atom is -0.330 e. The van der Waals surface area contributed by atoms with Crippen LogP contribution in [-0.4, -0.2) is 12.5 Å². The number of rotatable bonds is 1. The lowest BCUT2D eigenvalue weighted by Gasteiger charge is -2.30. The van der Waals surface area contributed by atoms with Gasteiger partial charge in [0.25, 0.3) is 0 Å². The highest BCUT2D eigenvalue weighted by Gasteiger charge is 2.23. The van der Waals surface area contributed by atoms with Crippen LogP contribution in [0.5, 0.6) is 0 Å². The molecule has 3 nitrogen and oxygen atoms in total. The molecule has 1 heterocycles. The van der Waals surface area contributed by atoms with Crippen LogP contribution in [0.3, 0.4) is 0 Å². The van der Waals surface area contributed by atoms with E-state index < -0.39 is 0 Å². The first-order chi connectivity index (χ1) is 8.74. The molecule has 1 N–H and O–H groups in total. The summed E-state index contributed by atoms with van der Waals surface area (Å²) in [5.74, 6) is -0.499. The van der Waals surface area contributed by atoms with Gasteiger partial charge in [-0.2, -0.15) is 0 Å². The van der Waals surface area contributed by atoms with E-state index in [4.69, 9.17) is 0 Å². The summed E-state index contributed by atoms with van der Waals surface area (Å²) in [6.45, 7) is 0.239. The molecule has 3 rings (SSSR count). The number of hydrogen-bond donors (Lipinski definition) is 1. The van der Waals surface area contributed by atoms with E-state index in [9.17, 15) is 9.18 Å². The van der Waals surface area contributed by atoms with E-state index in [0.29, 0.717) is 5.69 Å². The molecule has 0 radical (unpaired) electrons. The second kappa shape index (κ2) is 4.14. The second-order valence-electron chi connectivity index (χ2n) is 4.13. The van der Waals surface area contributed by atoms with Crippen LogP contribution < -0.4 is 10.2 Å². The van der Waals surface area contributed by atoms with Crippen molar-refractivity contribution in [2.24, 2.45) is 0 Å². The third kappa shape index (κ3) is 1.82. The molecule has 1 aliphatic heterocycles. The van der Waals surface area contributed by atoms with Crippen molar-refractivity contribution in [2.45, 2.75) is 0 Å². The number of anilines is 3. The summed E-state index contributed by atoms with van der Waals surface area (Å²) < 4.78 is 13.2. The normalized spacial score (nSPS) is 14.1. The standard InChI is InChI=1S/C14H11FN2O/c15-10-6-7-13-12(8-10)16-14(18)9-17(13)11-4-2-1-3-5-11/h1-8H,9H2,(H,16,18). The topological polar surface area (TPSA) is 32.3 Å². The molecule has 0 bridgehead atoms. The van der Waals surface area contributed by atoms with Crippen molar-refractivity contribution >= 4 is 23.0 Å². The molecule has 90 valence electrons. The smallest absolute Gasteiger partial charge is 0.244 e. The van der Waals surface area contributed by atoms with E-state index in [1.54, 1.807) is 6.07 Å². The Morgan fingerprint density at radius 2 is 1.89 bits per heavy atom. The van der Waals surface area contributed by atoms with Gasteiger partial charge in [-0.05, 0) is 30.3 Å². The highest BCUT2D eigenvalue weighted by Crippen LogP contribution is 2.35. The lowest BCUT2D eigenvalue weighted by atomic mass is 10.1. The third-order valence-corrected chi connectivity index (χ3v) is 2.89. The van der Waals surface area contributed by atoms with Crippen LogP contribution in [-0.2, 0) is 4.79 Å². The maximum atomic E-state index is 13.2. The molecule has 0 atom stereocenters. The highest BCUT2D eigenvalue weighted by atomic mass is 19.1. The molecule has 0 spiro atoms. The molecular formula is C14H11FN2O. The predicted octanol–water partition coefficient (Wildman–Crippen LogP) is 2.92. The molecule has 18 heavy (non-hydrogen) atoms. The van der Waals surface area contributed by atoms with Crippen molar-refractivity contribution < 1.29 is 9.18 Å². The van der Waals surface area contributed by atoms with Gasteiger partial charge in [0.05, 0.1) is 11.4 Å². The minimum absolute atomic E-state index is 0.142. The first-order valence-corrected chi connectivity index (χ1v) is 5.66. The van der Waals surface area contributed by atoms with Crippen LogP contribution in [0.4, 0.5) is 21.5 Å². The zero-order valence-electron chi connectivity index (χ0n) is 9.56. The van der Waals surface area contributed by atoms with Gasteiger partial charge in [0.1, 0.15) is 12.4 Å². The number of nitrogens with zero attached hydrogens (tertiary/aromatic N) is 1. The van der Waals surface area contributed by atoms with Crippen molar-refractivity contribution in [3.05, 3.63) is 54.3 Å². The Balaban J connectivity index is 2.10. The van der Waals surface area contributed by atoms with E-state index in [1.807, 2.05) is 35.2 Å². The predicted molar refractivity (Wildman–Crippen MR) is 68.5 cm³/mol. The van der Waals surface area contributed by atoms with Gasteiger partial charge in [-0.15, -0.1) is 0 Å². The number of para-hydroxylation sites is 1. The molecular weight excluding hydrogens is 231 g/mol. The molecule has 2 aromatic carbocycles. The Kier molecular flexibility index (Phi) is 2.48. The fourth-order valence-electron chi connectivity index (χ4n) is 2.10. The quantitative estimate of drug-likeness (QED) is 0.833. The zero-order chi connectivity index (χ0) is 12.5. The first kappa shape index (κ1) is 10.8. The van der Waals surface area contributed by atoms with Crippen molar-refractivity contribution in [3.63, 3.8) is 0 Å². The fraction of sp³-hybridized carbons (Fsp3) is 0.0714. The van der Waals surface area contributed by atoms with Gasteiger partial charge in [-0.3, -0.25) is 4.79 Å². The Labute approximate surface area is 104 Å². The van der Waals surface area contributed by atoms with Gasteiger partial charge in [-0.25, -0.2) is 4.39 Å². The van der Waals surface area contributed by atoms with Gasteiger partial charge in [0, 0.05) is 5.69 Å². The van der Waals surface area contributed by atoms with E-state index in [2.05, 4.69) is 5.32 Å². The Morgan fingerprint density at radius 3 is 2.67 bits per heavy atom. The molecule has 1 amide bonds. The van der Waals surface area contributed by atoms with Gasteiger partial charge in [-0.1, -0.05) is 18.2 Å². The second-order valence-corrected chi connectivity index (χ2v) is 4.13. The van der Waals surface area contributed by atoms with Gasteiger partial charge < -0.3 is 10.2 Å². The lowest BCUT2D eigenvalue weighted by molar-refractivity contribution is -0.115. The number of benzene rings is 2. The molecule has 0 fully saturated rings. The average molecular weight is 242 g/mol. The van der Waals surface area contributed by atoms with Gasteiger partial charge in [0.2, 0.25) is 5.91 Å². The number of carbonyl (C=O) groups is 1. The summed E-state index contributed by atoms with van der Waals surface area (Å²) in [5, 5.41) is 2.68. The first-order valence-electron chi connectivity index (χ1n) is 5.66. The summed E-state index contributed by atoms with van der Waals surface area (Å²) >= 11 is 0. The van der Waals surface area contributed by atoms with Crippen molar-refractivity contribution in [1.82, 2.24) is 0 Å².